The first-order chi connectivity index (χ1) is 10.8. The summed E-state index contributed by atoms with van der Waals surface area (Å²) in [6.07, 6.45) is 2.54. The zero-order valence-corrected chi connectivity index (χ0v) is 13.3. The van der Waals surface area contributed by atoms with Crippen LogP contribution in [0.3, 0.4) is 0 Å². The van der Waals surface area contributed by atoms with Gasteiger partial charge in [0.1, 0.15) is 11.5 Å². The monoisotopic (exact) mass is 316 g/mol. The second-order valence-electron chi connectivity index (χ2n) is 5.62. The number of nitrogens with two attached hydrogens (primary N) is 1. The van der Waals surface area contributed by atoms with Gasteiger partial charge >= 0.3 is 0 Å². The van der Waals surface area contributed by atoms with Gasteiger partial charge in [0.05, 0.1) is 0 Å². The molecule has 0 aromatic heterocycles. The molecule has 4 heteroatoms. The van der Waals surface area contributed by atoms with Crippen molar-refractivity contribution in [1.82, 2.24) is 4.90 Å². The van der Waals surface area contributed by atoms with E-state index in [4.69, 9.17) is 22.1 Å². The Morgan fingerprint density at radius 3 is 2.05 bits per heavy atom. The molecule has 22 heavy (non-hydrogen) atoms. The molecule has 1 aliphatic rings. The predicted octanol–water partition coefficient (Wildman–Crippen LogP) is 4.23. The maximum atomic E-state index is 5.97. The van der Waals surface area contributed by atoms with Gasteiger partial charge in [0.2, 0.25) is 0 Å². The fourth-order valence-electron chi connectivity index (χ4n) is 2.95. The van der Waals surface area contributed by atoms with Crippen molar-refractivity contribution in [3.05, 3.63) is 59.1 Å². The number of likely N-dealkylation sites (tertiary alicyclic amines) is 1. The molecular formula is C18H21ClN2O. The number of nitrogens with zero attached hydrogens (tertiary/aromatic N) is 1. The molecule has 1 heterocycles. The summed E-state index contributed by atoms with van der Waals surface area (Å²) < 4.78 is 5.82. The molecule has 1 atom stereocenters. The molecule has 116 valence electrons. The van der Waals surface area contributed by atoms with Crippen LogP contribution in [0, 0.1) is 0 Å². The summed E-state index contributed by atoms with van der Waals surface area (Å²) >= 11 is 5.88. The van der Waals surface area contributed by atoms with Crippen molar-refractivity contribution in [1.29, 1.82) is 0 Å². The van der Waals surface area contributed by atoms with Crippen LogP contribution in [0.15, 0.2) is 48.5 Å². The van der Waals surface area contributed by atoms with Gasteiger partial charge in [-0.05, 0) is 67.9 Å². The minimum Gasteiger partial charge on any atom is -0.457 e. The van der Waals surface area contributed by atoms with Crippen LogP contribution in [-0.4, -0.2) is 24.5 Å². The van der Waals surface area contributed by atoms with E-state index in [0.717, 1.165) is 24.6 Å². The molecule has 1 saturated heterocycles. The summed E-state index contributed by atoms with van der Waals surface area (Å²) in [5, 5.41) is 0.707. The largest absolute Gasteiger partial charge is 0.457 e. The summed E-state index contributed by atoms with van der Waals surface area (Å²) in [5.41, 5.74) is 7.23. The predicted molar refractivity (Wildman–Crippen MR) is 90.6 cm³/mol. The van der Waals surface area contributed by atoms with Gasteiger partial charge in [0, 0.05) is 17.6 Å². The standard InChI is InChI=1S/C18H21ClN2O/c19-15-5-9-17(10-6-15)22-16-7-3-14(4-8-16)18(13-20)21-11-1-2-12-21/h3-10,18H,1-2,11-13,20H2. The van der Waals surface area contributed by atoms with Crippen LogP contribution in [0.5, 0.6) is 11.5 Å². The van der Waals surface area contributed by atoms with Crippen molar-refractivity contribution in [2.75, 3.05) is 19.6 Å². The topological polar surface area (TPSA) is 38.5 Å². The molecule has 0 radical (unpaired) electrons. The SMILES string of the molecule is NCC(c1ccc(Oc2ccc(Cl)cc2)cc1)N1CCCC1. The molecule has 0 saturated carbocycles. The zero-order chi connectivity index (χ0) is 15.4. The van der Waals surface area contributed by atoms with Crippen LogP contribution in [0.25, 0.3) is 0 Å². The maximum Gasteiger partial charge on any atom is 0.127 e. The van der Waals surface area contributed by atoms with Crippen molar-refractivity contribution in [3.63, 3.8) is 0 Å². The van der Waals surface area contributed by atoms with E-state index >= 15 is 0 Å². The molecule has 1 unspecified atom stereocenters. The highest BCUT2D eigenvalue weighted by atomic mass is 35.5. The summed E-state index contributed by atoms with van der Waals surface area (Å²) in [6, 6.07) is 15.9. The van der Waals surface area contributed by atoms with Crippen molar-refractivity contribution < 1.29 is 4.74 Å². The van der Waals surface area contributed by atoms with Gasteiger partial charge in [-0.3, -0.25) is 4.90 Å². The van der Waals surface area contributed by atoms with E-state index in [-0.39, 0.29) is 0 Å². The first kappa shape index (κ1) is 15.3. The molecule has 1 aliphatic heterocycles. The Balaban J connectivity index is 1.70. The Labute approximate surface area is 136 Å². The Hall–Kier alpha value is -1.55. The number of hydrogen-bond donors (Lipinski definition) is 1. The Bertz CT molecular complexity index is 591. The van der Waals surface area contributed by atoms with E-state index in [1.807, 2.05) is 36.4 Å². The lowest BCUT2D eigenvalue weighted by Gasteiger charge is -2.26. The highest BCUT2D eigenvalue weighted by Crippen LogP contribution is 2.28. The summed E-state index contributed by atoms with van der Waals surface area (Å²) in [6.45, 7) is 2.94. The number of halogens is 1. The fraction of sp³-hybridized carbons (Fsp3) is 0.333. The quantitative estimate of drug-likeness (QED) is 0.897. The third-order valence-corrected chi connectivity index (χ3v) is 4.37. The van der Waals surface area contributed by atoms with Crippen LogP contribution in [0.2, 0.25) is 5.02 Å². The van der Waals surface area contributed by atoms with Gasteiger partial charge in [-0.2, -0.15) is 0 Å². The van der Waals surface area contributed by atoms with E-state index in [0.29, 0.717) is 17.6 Å². The third-order valence-electron chi connectivity index (χ3n) is 4.12. The van der Waals surface area contributed by atoms with Gasteiger partial charge in [0.15, 0.2) is 0 Å². The van der Waals surface area contributed by atoms with Crippen molar-refractivity contribution in [2.24, 2.45) is 5.73 Å². The zero-order valence-electron chi connectivity index (χ0n) is 12.5. The van der Waals surface area contributed by atoms with Crippen LogP contribution in [0.4, 0.5) is 0 Å². The molecule has 0 bridgehead atoms. The van der Waals surface area contributed by atoms with Crippen molar-refractivity contribution in [2.45, 2.75) is 18.9 Å². The van der Waals surface area contributed by atoms with Crippen LogP contribution >= 0.6 is 11.6 Å². The highest BCUT2D eigenvalue weighted by Gasteiger charge is 2.21. The van der Waals surface area contributed by atoms with Gasteiger partial charge in [-0.25, -0.2) is 0 Å². The second kappa shape index (κ2) is 7.14. The van der Waals surface area contributed by atoms with Crippen LogP contribution < -0.4 is 10.5 Å². The number of benzene rings is 2. The van der Waals surface area contributed by atoms with Gasteiger partial charge in [-0.15, -0.1) is 0 Å². The van der Waals surface area contributed by atoms with E-state index < -0.39 is 0 Å². The van der Waals surface area contributed by atoms with Crippen LogP contribution in [-0.2, 0) is 0 Å². The van der Waals surface area contributed by atoms with Crippen molar-refractivity contribution in [3.8, 4) is 11.5 Å². The van der Waals surface area contributed by atoms with Crippen molar-refractivity contribution >= 4 is 11.6 Å². The average Bonchev–Trinajstić information content (AvgIpc) is 3.06. The lowest BCUT2D eigenvalue weighted by atomic mass is 10.1. The van der Waals surface area contributed by atoms with Gasteiger partial charge in [0.25, 0.3) is 0 Å². The fourth-order valence-corrected chi connectivity index (χ4v) is 3.07. The smallest absolute Gasteiger partial charge is 0.127 e. The molecule has 0 spiro atoms. The second-order valence-corrected chi connectivity index (χ2v) is 6.06. The minimum absolute atomic E-state index is 0.312. The minimum atomic E-state index is 0.312. The molecule has 2 N–H and O–H groups in total. The Morgan fingerprint density at radius 2 is 1.50 bits per heavy atom. The Morgan fingerprint density at radius 1 is 0.955 bits per heavy atom. The molecule has 3 nitrogen and oxygen atoms in total. The van der Waals surface area contributed by atoms with Gasteiger partial charge < -0.3 is 10.5 Å². The van der Waals surface area contributed by atoms with E-state index in [1.54, 1.807) is 0 Å². The average molecular weight is 317 g/mol. The molecule has 0 aliphatic carbocycles. The first-order valence-electron chi connectivity index (χ1n) is 7.74. The molecule has 0 amide bonds. The number of ether oxygens (including phenoxy) is 1. The van der Waals surface area contributed by atoms with Crippen LogP contribution in [0.1, 0.15) is 24.4 Å². The molecular weight excluding hydrogens is 296 g/mol. The highest BCUT2D eigenvalue weighted by molar-refractivity contribution is 6.30. The normalized spacial score (nSPS) is 16.6. The lowest BCUT2D eigenvalue weighted by molar-refractivity contribution is 0.251. The summed E-state index contributed by atoms with van der Waals surface area (Å²) in [4.78, 5) is 2.47. The number of hydrogen-bond acceptors (Lipinski definition) is 3. The molecule has 1 fully saturated rings. The number of rotatable bonds is 5. The summed E-state index contributed by atoms with van der Waals surface area (Å²) in [5.74, 6) is 1.61. The van der Waals surface area contributed by atoms with E-state index in [2.05, 4.69) is 17.0 Å². The Kier molecular flexibility index (Phi) is 4.98. The molecule has 2 aromatic carbocycles. The first-order valence-corrected chi connectivity index (χ1v) is 8.11. The lowest BCUT2D eigenvalue weighted by Crippen LogP contribution is -2.31. The molecule has 2 aromatic rings. The van der Waals surface area contributed by atoms with E-state index in [9.17, 15) is 0 Å². The van der Waals surface area contributed by atoms with Gasteiger partial charge in [-0.1, -0.05) is 23.7 Å². The summed E-state index contributed by atoms with van der Waals surface area (Å²) in [7, 11) is 0. The van der Waals surface area contributed by atoms with E-state index in [1.165, 1.54) is 18.4 Å². The maximum absolute atomic E-state index is 5.97. The third kappa shape index (κ3) is 3.61. The molecule has 3 rings (SSSR count).